The summed E-state index contributed by atoms with van der Waals surface area (Å²) in [5.74, 6) is 0.132. The molecule has 0 unspecified atom stereocenters. The van der Waals surface area contributed by atoms with Crippen LogP contribution in [0.15, 0.2) is 52.1 Å². The van der Waals surface area contributed by atoms with E-state index in [4.69, 9.17) is 10.9 Å². The Labute approximate surface area is 132 Å². The molecule has 5 heteroatoms. The number of hydrogen-bond acceptors (Lipinski definition) is 3. The topological polar surface area (TPSA) is 70.6 Å². The van der Waals surface area contributed by atoms with E-state index >= 15 is 0 Å². The van der Waals surface area contributed by atoms with Gasteiger partial charge in [0.2, 0.25) is 0 Å². The Bertz CT molecular complexity index is 638. The second-order valence-corrected chi connectivity index (χ2v) is 5.77. The van der Waals surface area contributed by atoms with E-state index in [0.29, 0.717) is 0 Å². The maximum Gasteiger partial charge on any atom is 0.170 e. The molecule has 0 saturated heterocycles. The van der Waals surface area contributed by atoms with Crippen molar-refractivity contribution in [3.63, 3.8) is 0 Å². The van der Waals surface area contributed by atoms with Gasteiger partial charge in [-0.2, -0.15) is 0 Å². The van der Waals surface area contributed by atoms with Gasteiger partial charge in [0.25, 0.3) is 0 Å². The van der Waals surface area contributed by atoms with E-state index in [1.54, 1.807) is 0 Å². The number of halogens is 1. The lowest BCUT2D eigenvalue weighted by Gasteiger charge is -2.10. The molecule has 0 aliphatic carbocycles. The van der Waals surface area contributed by atoms with Gasteiger partial charge in [-0.3, -0.25) is 0 Å². The van der Waals surface area contributed by atoms with Crippen LogP contribution in [0.3, 0.4) is 0 Å². The molecule has 0 spiro atoms. The molecule has 0 amide bonds. The second-order valence-electron chi connectivity index (χ2n) is 4.86. The van der Waals surface area contributed by atoms with E-state index in [9.17, 15) is 0 Å². The first-order chi connectivity index (χ1) is 10.1. The molecule has 0 heterocycles. The third-order valence-corrected chi connectivity index (χ3v) is 3.83. The summed E-state index contributed by atoms with van der Waals surface area (Å²) in [6, 6.07) is 14.0. The molecular weight excluding hydrogens is 330 g/mol. The van der Waals surface area contributed by atoms with Gasteiger partial charge in [0, 0.05) is 23.1 Å². The molecule has 110 valence electrons. The van der Waals surface area contributed by atoms with Crippen molar-refractivity contribution in [1.29, 1.82) is 0 Å². The van der Waals surface area contributed by atoms with Crippen molar-refractivity contribution < 1.29 is 5.21 Å². The fourth-order valence-electron chi connectivity index (χ4n) is 2.06. The first-order valence-corrected chi connectivity index (χ1v) is 7.42. The minimum absolute atomic E-state index is 0.132. The minimum atomic E-state index is 0.132. The van der Waals surface area contributed by atoms with Crippen molar-refractivity contribution in [3.05, 3.63) is 69.2 Å². The van der Waals surface area contributed by atoms with Gasteiger partial charge >= 0.3 is 0 Å². The Morgan fingerprint density at radius 3 is 2.52 bits per heavy atom. The van der Waals surface area contributed by atoms with E-state index in [1.807, 2.05) is 37.3 Å². The van der Waals surface area contributed by atoms with Gasteiger partial charge in [0.15, 0.2) is 5.84 Å². The van der Waals surface area contributed by atoms with E-state index < -0.39 is 0 Å². The predicted molar refractivity (Wildman–Crippen MR) is 88.4 cm³/mol. The Morgan fingerprint density at radius 2 is 1.90 bits per heavy atom. The lowest BCUT2D eigenvalue weighted by molar-refractivity contribution is 0.318. The van der Waals surface area contributed by atoms with E-state index in [0.717, 1.165) is 28.7 Å². The number of nitrogens with two attached hydrogens (primary N) is 1. The number of rotatable bonds is 5. The molecule has 4 nitrogen and oxygen atoms in total. The quantitative estimate of drug-likeness (QED) is 0.336. The summed E-state index contributed by atoms with van der Waals surface area (Å²) in [6.07, 6.45) is 0. The van der Waals surface area contributed by atoms with Crippen LogP contribution in [-0.4, -0.2) is 11.0 Å². The number of nitrogens with zero attached hydrogens (tertiary/aromatic N) is 1. The number of oxime groups is 1. The summed E-state index contributed by atoms with van der Waals surface area (Å²) in [7, 11) is 0. The molecule has 2 aromatic rings. The molecule has 0 aliphatic heterocycles. The lowest BCUT2D eigenvalue weighted by Crippen LogP contribution is -2.16. The Balaban J connectivity index is 1.96. The smallest absolute Gasteiger partial charge is 0.170 e. The van der Waals surface area contributed by atoms with Gasteiger partial charge in [-0.1, -0.05) is 45.4 Å². The van der Waals surface area contributed by atoms with Gasteiger partial charge in [0.1, 0.15) is 0 Å². The summed E-state index contributed by atoms with van der Waals surface area (Å²) in [6.45, 7) is 3.61. The third kappa shape index (κ3) is 4.31. The highest BCUT2D eigenvalue weighted by Crippen LogP contribution is 2.13. The molecule has 2 rings (SSSR count). The van der Waals surface area contributed by atoms with Crippen LogP contribution in [-0.2, 0) is 13.1 Å². The van der Waals surface area contributed by atoms with Crippen LogP contribution in [0.1, 0.15) is 22.3 Å². The van der Waals surface area contributed by atoms with Crippen molar-refractivity contribution in [2.45, 2.75) is 20.0 Å². The third-order valence-electron chi connectivity index (χ3n) is 3.30. The molecule has 0 fully saturated rings. The molecule has 0 radical (unpaired) electrons. The molecule has 0 atom stereocenters. The average molecular weight is 348 g/mol. The summed E-state index contributed by atoms with van der Waals surface area (Å²) in [4.78, 5) is 0. The number of amidine groups is 1. The average Bonchev–Trinajstić information content (AvgIpc) is 2.50. The fraction of sp³-hybridized carbons (Fsp3) is 0.188. The van der Waals surface area contributed by atoms with E-state index in [1.165, 1.54) is 11.1 Å². The number of nitrogens with one attached hydrogen (secondary N) is 1. The number of benzene rings is 2. The van der Waals surface area contributed by atoms with E-state index in [-0.39, 0.29) is 5.84 Å². The lowest BCUT2D eigenvalue weighted by atomic mass is 10.0. The van der Waals surface area contributed by atoms with Gasteiger partial charge in [-0.25, -0.2) is 0 Å². The van der Waals surface area contributed by atoms with Crippen molar-refractivity contribution in [2.24, 2.45) is 10.9 Å². The minimum Gasteiger partial charge on any atom is -0.409 e. The Kier molecular flexibility index (Phi) is 5.36. The first kappa shape index (κ1) is 15.5. The summed E-state index contributed by atoms with van der Waals surface area (Å²) in [5, 5.41) is 15.1. The van der Waals surface area contributed by atoms with Crippen molar-refractivity contribution in [1.82, 2.24) is 5.32 Å². The molecule has 0 aliphatic rings. The Hall–Kier alpha value is -1.85. The molecular formula is C16H18BrN3O. The number of hydrogen-bond donors (Lipinski definition) is 3. The van der Waals surface area contributed by atoms with Crippen LogP contribution in [0, 0.1) is 6.92 Å². The van der Waals surface area contributed by atoms with Crippen LogP contribution in [0.4, 0.5) is 0 Å². The largest absolute Gasteiger partial charge is 0.409 e. The number of aryl methyl sites for hydroxylation is 1. The van der Waals surface area contributed by atoms with Gasteiger partial charge in [-0.05, 0) is 41.8 Å². The highest BCUT2D eigenvalue weighted by Gasteiger charge is 2.03. The van der Waals surface area contributed by atoms with Crippen LogP contribution >= 0.6 is 15.9 Å². The monoisotopic (exact) mass is 347 g/mol. The van der Waals surface area contributed by atoms with Crippen molar-refractivity contribution in [3.8, 4) is 0 Å². The highest BCUT2D eigenvalue weighted by molar-refractivity contribution is 9.10. The van der Waals surface area contributed by atoms with E-state index in [2.05, 4.69) is 38.5 Å². The molecule has 0 aromatic heterocycles. The highest BCUT2D eigenvalue weighted by atomic mass is 79.9. The SMILES string of the molecule is Cc1cc(/C(N)=N/O)ccc1CNCc1ccc(Br)cc1. The van der Waals surface area contributed by atoms with Crippen LogP contribution < -0.4 is 11.1 Å². The van der Waals surface area contributed by atoms with Gasteiger partial charge in [-0.15, -0.1) is 0 Å². The maximum atomic E-state index is 8.68. The zero-order chi connectivity index (χ0) is 15.2. The predicted octanol–water partition coefficient (Wildman–Crippen LogP) is 3.14. The van der Waals surface area contributed by atoms with Crippen LogP contribution in [0.5, 0.6) is 0 Å². The standard InChI is InChI=1S/C16H18BrN3O/c1-11-8-13(16(18)20-21)4-5-14(11)10-19-9-12-2-6-15(17)7-3-12/h2-8,19,21H,9-10H2,1H3,(H2,18,20). The Morgan fingerprint density at radius 1 is 1.19 bits per heavy atom. The summed E-state index contributed by atoms with van der Waals surface area (Å²) in [5.41, 5.74) is 9.86. The van der Waals surface area contributed by atoms with Gasteiger partial charge in [0.05, 0.1) is 0 Å². The summed E-state index contributed by atoms with van der Waals surface area (Å²) < 4.78 is 1.08. The zero-order valence-electron chi connectivity index (χ0n) is 11.8. The van der Waals surface area contributed by atoms with Crippen molar-refractivity contribution in [2.75, 3.05) is 0 Å². The van der Waals surface area contributed by atoms with Gasteiger partial charge < -0.3 is 16.3 Å². The van der Waals surface area contributed by atoms with Crippen LogP contribution in [0.2, 0.25) is 0 Å². The molecule has 0 saturated carbocycles. The normalized spacial score (nSPS) is 11.6. The zero-order valence-corrected chi connectivity index (χ0v) is 13.4. The first-order valence-electron chi connectivity index (χ1n) is 6.62. The second kappa shape index (κ2) is 7.24. The molecule has 0 bridgehead atoms. The molecule has 2 aromatic carbocycles. The van der Waals surface area contributed by atoms with Crippen molar-refractivity contribution >= 4 is 21.8 Å². The summed E-state index contributed by atoms with van der Waals surface area (Å²) >= 11 is 3.43. The maximum absolute atomic E-state index is 8.68. The fourth-order valence-corrected chi connectivity index (χ4v) is 2.32. The van der Waals surface area contributed by atoms with Crippen LogP contribution in [0.25, 0.3) is 0 Å². The molecule has 4 N–H and O–H groups in total. The molecule has 21 heavy (non-hydrogen) atoms.